The van der Waals surface area contributed by atoms with Gasteiger partial charge < -0.3 is 10.0 Å². The summed E-state index contributed by atoms with van der Waals surface area (Å²) in [6.07, 6.45) is 0.267. The molecule has 0 aliphatic carbocycles. The minimum atomic E-state index is -0.376. The topological polar surface area (TPSA) is 43.8 Å². The first-order chi connectivity index (χ1) is 9.56. The van der Waals surface area contributed by atoms with Crippen LogP contribution in [0.25, 0.3) is 0 Å². The third kappa shape index (κ3) is 4.08. The molecule has 0 aromatic heterocycles. The molecular weight excluding hydrogens is 251 g/mol. The van der Waals surface area contributed by atoms with Crippen LogP contribution >= 0.6 is 0 Å². The molecule has 1 fully saturated rings. The van der Waals surface area contributed by atoms with Crippen molar-refractivity contribution < 1.29 is 9.90 Å². The van der Waals surface area contributed by atoms with E-state index in [2.05, 4.69) is 29.2 Å². The van der Waals surface area contributed by atoms with Gasteiger partial charge >= 0.3 is 0 Å². The fourth-order valence-electron chi connectivity index (χ4n) is 2.91. The Labute approximate surface area is 121 Å². The molecule has 1 aliphatic rings. The zero-order valence-corrected chi connectivity index (χ0v) is 12.3. The fourth-order valence-corrected chi connectivity index (χ4v) is 2.91. The standard InChI is InChI=1S/C15H23BN2O2/c1-12(19)9-14-11-17(7-8-18(14)15(16)20)10-13-5-3-2-4-6-13/h2-6,12,14,19H,7-11,16H2,1H3/t12?,14-/m0/s1. The number of amides is 1. The number of benzene rings is 1. The highest BCUT2D eigenvalue weighted by atomic mass is 16.3. The van der Waals surface area contributed by atoms with Gasteiger partial charge in [0.1, 0.15) is 0 Å². The molecule has 1 heterocycles. The molecule has 5 heteroatoms. The average Bonchev–Trinajstić information content (AvgIpc) is 2.39. The van der Waals surface area contributed by atoms with E-state index in [4.69, 9.17) is 0 Å². The van der Waals surface area contributed by atoms with Crippen molar-refractivity contribution in [2.45, 2.75) is 32.0 Å². The summed E-state index contributed by atoms with van der Waals surface area (Å²) in [5.74, 6) is 0.106. The molecule has 1 saturated heterocycles. The number of hydrogen-bond donors (Lipinski definition) is 1. The zero-order valence-electron chi connectivity index (χ0n) is 12.3. The minimum absolute atomic E-state index is 0.106. The van der Waals surface area contributed by atoms with Gasteiger partial charge in [0, 0.05) is 32.2 Å². The number of aliphatic hydroxyl groups excluding tert-OH is 1. The maximum absolute atomic E-state index is 11.7. The van der Waals surface area contributed by atoms with Gasteiger partial charge in [0.05, 0.1) is 6.10 Å². The lowest BCUT2D eigenvalue weighted by molar-refractivity contribution is 0.0665. The van der Waals surface area contributed by atoms with Gasteiger partial charge in [-0.2, -0.15) is 0 Å². The maximum atomic E-state index is 11.7. The minimum Gasteiger partial charge on any atom is -0.393 e. The van der Waals surface area contributed by atoms with E-state index in [1.807, 2.05) is 11.0 Å². The summed E-state index contributed by atoms with van der Waals surface area (Å²) in [5, 5.41) is 9.62. The Bertz CT molecular complexity index is 439. The monoisotopic (exact) mass is 274 g/mol. The Morgan fingerprint density at radius 2 is 2.10 bits per heavy atom. The summed E-state index contributed by atoms with van der Waals surface area (Å²) in [6.45, 7) is 5.17. The van der Waals surface area contributed by atoms with Crippen LogP contribution < -0.4 is 0 Å². The van der Waals surface area contributed by atoms with Crippen LogP contribution in [0.2, 0.25) is 0 Å². The van der Waals surface area contributed by atoms with Gasteiger partial charge in [-0.3, -0.25) is 9.69 Å². The van der Waals surface area contributed by atoms with E-state index in [0.29, 0.717) is 6.42 Å². The summed E-state index contributed by atoms with van der Waals surface area (Å²) in [7, 11) is 1.61. The van der Waals surface area contributed by atoms with Crippen LogP contribution in [0.3, 0.4) is 0 Å². The molecule has 1 unspecified atom stereocenters. The number of carbonyl (C=O) groups excluding carboxylic acids is 1. The number of hydrogen-bond acceptors (Lipinski definition) is 3. The third-order valence-corrected chi connectivity index (χ3v) is 3.83. The zero-order chi connectivity index (χ0) is 14.5. The van der Waals surface area contributed by atoms with E-state index in [0.717, 1.165) is 26.2 Å². The number of nitrogens with zero attached hydrogens (tertiary/aromatic N) is 2. The second kappa shape index (κ2) is 6.91. The van der Waals surface area contributed by atoms with Crippen molar-refractivity contribution in [2.24, 2.45) is 0 Å². The van der Waals surface area contributed by atoms with Crippen LogP contribution in [-0.4, -0.2) is 60.3 Å². The van der Waals surface area contributed by atoms with Crippen LogP contribution in [0.5, 0.6) is 0 Å². The van der Waals surface area contributed by atoms with Crippen molar-refractivity contribution in [1.82, 2.24) is 9.80 Å². The molecule has 2 atom stereocenters. The molecule has 0 bridgehead atoms. The van der Waals surface area contributed by atoms with Crippen LogP contribution in [0.4, 0.5) is 4.79 Å². The first-order valence-electron chi connectivity index (χ1n) is 7.28. The van der Waals surface area contributed by atoms with Crippen LogP contribution in [0, 0.1) is 0 Å². The van der Waals surface area contributed by atoms with Crippen molar-refractivity contribution in [3.05, 3.63) is 35.9 Å². The predicted octanol–water partition coefficient (Wildman–Crippen LogP) is 0.697. The van der Waals surface area contributed by atoms with Crippen molar-refractivity contribution >= 4 is 13.7 Å². The summed E-state index contributed by atoms with van der Waals surface area (Å²) >= 11 is 0. The Hall–Kier alpha value is -1.33. The number of piperazine rings is 1. The summed E-state index contributed by atoms with van der Waals surface area (Å²) in [6, 6.07) is 10.5. The summed E-state index contributed by atoms with van der Waals surface area (Å²) in [5.41, 5.74) is 1.29. The van der Waals surface area contributed by atoms with Gasteiger partial charge in [0.2, 0.25) is 7.85 Å². The van der Waals surface area contributed by atoms with Crippen LogP contribution in [0.15, 0.2) is 30.3 Å². The SMILES string of the molecule is BC(=O)N1CCN(Cc2ccccc2)C[C@@H]1CC(C)O. The van der Waals surface area contributed by atoms with Gasteiger partial charge in [0.15, 0.2) is 5.81 Å². The van der Waals surface area contributed by atoms with Gasteiger partial charge in [-0.1, -0.05) is 30.3 Å². The Morgan fingerprint density at radius 1 is 1.40 bits per heavy atom. The average molecular weight is 274 g/mol. The molecule has 0 radical (unpaired) electrons. The van der Waals surface area contributed by atoms with Crippen molar-refractivity contribution in [3.63, 3.8) is 0 Å². The van der Waals surface area contributed by atoms with E-state index in [1.54, 1.807) is 14.8 Å². The quantitative estimate of drug-likeness (QED) is 0.822. The molecule has 1 amide bonds. The van der Waals surface area contributed by atoms with Crippen molar-refractivity contribution in [2.75, 3.05) is 19.6 Å². The number of aliphatic hydroxyl groups is 1. The molecule has 0 spiro atoms. The fraction of sp³-hybridized carbons (Fsp3) is 0.533. The molecule has 0 saturated carbocycles. The molecule has 20 heavy (non-hydrogen) atoms. The molecule has 4 nitrogen and oxygen atoms in total. The third-order valence-electron chi connectivity index (χ3n) is 3.83. The Balaban J connectivity index is 1.99. The normalized spacial score (nSPS) is 21.7. The van der Waals surface area contributed by atoms with Gasteiger partial charge in [-0.25, -0.2) is 0 Å². The Kier molecular flexibility index (Phi) is 5.20. The molecule has 2 rings (SSSR count). The second-order valence-electron chi connectivity index (χ2n) is 5.67. The van der Waals surface area contributed by atoms with Gasteiger partial charge in [0.25, 0.3) is 0 Å². The van der Waals surface area contributed by atoms with Crippen molar-refractivity contribution in [1.29, 1.82) is 0 Å². The number of carbonyl (C=O) groups is 1. The van der Waals surface area contributed by atoms with Gasteiger partial charge in [-0.15, -0.1) is 0 Å². The molecular formula is C15H23BN2O2. The first kappa shape index (κ1) is 15.1. The van der Waals surface area contributed by atoms with Crippen molar-refractivity contribution in [3.8, 4) is 0 Å². The van der Waals surface area contributed by atoms with E-state index in [-0.39, 0.29) is 18.0 Å². The molecule has 1 aliphatic heterocycles. The predicted molar refractivity (Wildman–Crippen MR) is 82.5 cm³/mol. The van der Waals surface area contributed by atoms with Gasteiger partial charge in [-0.05, 0) is 18.9 Å². The lowest BCUT2D eigenvalue weighted by Gasteiger charge is -2.42. The van der Waals surface area contributed by atoms with E-state index in [1.165, 1.54) is 5.56 Å². The lowest BCUT2D eigenvalue weighted by atomic mass is 9.99. The molecule has 1 aromatic carbocycles. The molecule has 108 valence electrons. The Morgan fingerprint density at radius 3 is 2.70 bits per heavy atom. The lowest BCUT2D eigenvalue weighted by Crippen LogP contribution is -2.55. The van der Waals surface area contributed by atoms with E-state index >= 15 is 0 Å². The smallest absolute Gasteiger partial charge is 0.215 e. The largest absolute Gasteiger partial charge is 0.393 e. The van der Waals surface area contributed by atoms with E-state index in [9.17, 15) is 9.90 Å². The second-order valence-corrected chi connectivity index (χ2v) is 5.67. The van der Waals surface area contributed by atoms with Crippen LogP contribution in [0.1, 0.15) is 18.9 Å². The molecule has 1 N–H and O–H groups in total. The maximum Gasteiger partial charge on any atom is 0.215 e. The highest BCUT2D eigenvalue weighted by Gasteiger charge is 2.29. The number of rotatable bonds is 4. The highest BCUT2D eigenvalue weighted by Crippen LogP contribution is 2.17. The highest BCUT2D eigenvalue weighted by molar-refractivity contribution is 6.56. The van der Waals surface area contributed by atoms with E-state index < -0.39 is 0 Å². The first-order valence-corrected chi connectivity index (χ1v) is 7.28. The summed E-state index contributed by atoms with van der Waals surface area (Å²) in [4.78, 5) is 15.9. The molecule has 1 aromatic rings. The van der Waals surface area contributed by atoms with Crippen LogP contribution in [-0.2, 0) is 6.54 Å². The summed E-state index contributed by atoms with van der Waals surface area (Å²) < 4.78 is 0.